The molecule has 1 aromatic rings. The van der Waals surface area contributed by atoms with E-state index in [1.807, 2.05) is 13.8 Å². The predicted octanol–water partition coefficient (Wildman–Crippen LogP) is 2.13. The lowest BCUT2D eigenvalue weighted by Gasteiger charge is -2.18. The van der Waals surface area contributed by atoms with Crippen molar-refractivity contribution in [1.82, 2.24) is 10.2 Å². The first-order chi connectivity index (χ1) is 10.8. The molecule has 2 amide bonds. The number of nitrogens with one attached hydrogen (secondary N) is 2. The van der Waals surface area contributed by atoms with Crippen molar-refractivity contribution in [2.24, 2.45) is 0 Å². The van der Waals surface area contributed by atoms with E-state index < -0.39 is 0 Å². The Kier molecular flexibility index (Phi) is 7.85. The third kappa shape index (κ3) is 6.88. The Bertz CT molecular complexity index is 551. The van der Waals surface area contributed by atoms with Crippen LogP contribution in [0.3, 0.4) is 0 Å². The second kappa shape index (κ2) is 9.37. The second-order valence-corrected chi connectivity index (χ2v) is 5.88. The average Bonchev–Trinajstić information content (AvgIpc) is 2.46. The topological polar surface area (TPSA) is 70.7 Å². The van der Waals surface area contributed by atoms with Crippen LogP contribution < -0.4 is 15.4 Å². The van der Waals surface area contributed by atoms with E-state index in [0.29, 0.717) is 16.5 Å². The molecule has 1 unspecified atom stereocenters. The van der Waals surface area contributed by atoms with Gasteiger partial charge in [0, 0.05) is 11.1 Å². The molecular weight excluding hydrogens is 318 g/mol. The monoisotopic (exact) mass is 341 g/mol. The number of rotatable bonds is 8. The minimum absolute atomic E-state index is 0.0869. The Morgan fingerprint density at radius 2 is 1.96 bits per heavy atom. The van der Waals surface area contributed by atoms with Crippen molar-refractivity contribution in [2.75, 3.05) is 32.6 Å². The zero-order valence-electron chi connectivity index (χ0n) is 14.0. The Morgan fingerprint density at radius 1 is 1.30 bits per heavy atom. The maximum atomic E-state index is 12.1. The Morgan fingerprint density at radius 3 is 2.57 bits per heavy atom. The minimum Gasteiger partial charge on any atom is -0.495 e. The minimum atomic E-state index is -0.246. The fourth-order valence-electron chi connectivity index (χ4n) is 1.94. The van der Waals surface area contributed by atoms with Crippen LogP contribution in [0.2, 0.25) is 5.02 Å². The molecule has 23 heavy (non-hydrogen) atoms. The molecule has 128 valence electrons. The van der Waals surface area contributed by atoms with Crippen LogP contribution >= 0.6 is 11.6 Å². The summed E-state index contributed by atoms with van der Waals surface area (Å²) >= 11 is 5.92. The molecule has 0 bridgehead atoms. The molecule has 7 heteroatoms. The highest BCUT2D eigenvalue weighted by atomic mass is 35.5. The van der Waals surface area contributed by atoms with Gasteiger partial charge < -0.3 is 15.4 Å². The largest absolute Gasteiger partial charge is 0.495 e. The molecule has 0 aromatic heterocycles. The van der Waals surface area contributed by atoms with Crippen molar-refractivity contribution in [3.63, 3.8) is 0 Å². The summed E-state index contributed by atoms with van der Waals surface area (Å²) in [5.74, 6) is 0.180. The lowest BCUT2D eigenvalue weighted by molar-refractivity contribution is -0.123. The van der Waals surface area contributed by atoms with Crippen LogP contribution in [0.1, 0.15) is 20.3 Å². The maximum Gasteiger partial charge on any atom is 0.238 e. The summed E-state index contributed by atoms with van der Waals surface area (Å²) in [5.41, 5.74) is 0.502. The first kappa shape index (κ1) is 19.3. The number of anilines is 1. The lowest BCUT2D eigenvalue weighted by atomic mass is 10.2. The number of amides is 2. The summed E-state index contributed by atoms with van der Waals surface area (Å²) in [6, 6.07) is 5.11. The van der Waals surface area contributed by atoms with E-state index in [4.69, 9.17) is 16.3 Å². The summed E-state index contributed by atoms with van der Waals surface area (Å²) in [6.07, 6.45) is 0.866. The molecule has 2 N–H and O–H groups in total. The first-order valence-corrected chi connectivity index (χ1v) is 7.84. The van der Waals surface area contributed by atoms with E-state index in [1.165, 1.54) is 7.11 Å². The fraction of sp³-hybridized carbons (Fsp3) is 0.500. The van der Waals surface area contributed by atoms with Crippen LogP contribution in [0, 0.1) is 0 Å². The van der Waals surface area contributed by atoms with Gasteiger partial charge in [-0.1, -0.05) is 18.5 Å². The molecule has 0 saturated heterocycles. The maximum absolute atomic E-state index is 12.1. The van der Waals surface area contributed by atoms with Gasteiger partial charge in [0.15, 0.2) is 0 Å². The van der Waals surface area contributed by atoms with Crippen molar-refractivity contribution < 1.29 is 14.3 Å². The Hall–Kier alpha value is -1.79. The molecule has 6 nitrogen and oxygen atoms in total. The molecule has 0 saturated carbocycles. The molecule has 0 aliphatic carbocycles. The zero-order valence-corrected chi connectivity index (χ0v) is 14.7. The summed E-state index contributed by atoms with van der Waals surface area (Å²) in [6.45, 7) is 4.19. The van der Waals surface area contributed by atoms with Gasteiger partial charge in [0.25, 0.3) is 0 Å². The zero-order chi connectivity index (χ0) is 17.4. The number of halogens is 1. The van der Waals surface area contributed by atoms with Gasteiger partial charge in [0.2, 0.25) is 11.8 Å². The Balaban J connectivity index is 2.53. The van der Waals surface area contributed by atoms with Crippen molar-refractivity contribution in [1.29, 1.82) is 0 Å². The van der Waals surface area contributed by atoms with Crippen molar-refractivity contribution in [2.45, 2.75) is 26.3 Å². The standard InChI is InChI=1S/C16H24ClN3O3/c1-5-11(2)18-15(21)9-20(3)10-16(22)19-13-8-12(17)6-7-14(13)23-4/h6-8,11H,5,9-10H2,1-4H3,(H,18,21)(H,19,22). The van der Waals surface area contributed by atoms with E-state index in [9.17, 15) is 9.59 Å². The average molecular weight is 342 g/mol. The molecule has 0 radical (unpaired) electrons. The SMILES string of the molecule is CCC(C)NC(=O)CN(C)CC(=O)Nc1cc(Cl)ccc1OC. The normalized spacial score (nSPS) is 11.9. The molecule has 0 fully saturated rings. The van der Waals surface area contributed by atoms with Gasteiger partial charge in [-0.25, -0.2) is 0 Å². The molecular formula is C16H24ClN3O3. The molecule has 0 heterocycles. The van der Waals surface area contributed by atoms with Gasteiger partial charge >= 0.3 is 0 Å². The number of hydrogen-bond donors (Lipinski definition) is 2. The molecule has 0 spiro atoms. The highest BCUT2D eigenvalue weighted by Gasteiger charge is 2.14. The molecule has 1 aromatic carbocycles. The van der Waals surface area contributed by atoms with Crippen molar-refractivity contribution in [3.05, 3.63) is 23.2 Å². The first-order valence-electron chi connectivity index (χ1n) is 7.47. The number of methoxy groups -OCH3 is 1. The van der Waals surface area contributed by atoms with Crippen LogP contribution in [-0.4, -0.2) is 50.0 Å². The van der Waals surface area contributed by atoms with Gasteiger partial charge in [0.1, 0.15) is 5.75 Å². The Labute approximate surface area is 142 Å². The van der Waals surface area contributed by atoms with Gasteiger partial charge in [-0.15, -0.1) is 0 Å². The van der Waals surface area contributed by atoms with E-state index in [0.717, 1.165) is 6.42 Å². The number of benzene rings is 1. The fourth-order valence-corrected chi connectivity index (χ4v) is 2.11. The smallest absolute Gasteiger partial charge is 0.238 e. The lowest BCUT2D eigenvalue weighted by Crippen LogP contribution is -2.41. The van der Waals surface area contributed by atoms with E-state index in [-0.39, 0.29) is 30.9 Å². The highest BCUT2D eigenvalue weighted by Crippen LogP contribution is 2.27. The van der Waals surface area contributed by atoms with Gasteiger partial charge in [-0.2, -0.15) is 0 Å². The predicted molar refractivity (Wildman–Crippen MR) is 92.0 cm³/mol. The van der Waals surface area contributed by atoms with E-state index in [2.05, 4.69) is 10.6 Å². The molecule has 0 aliphatic rings. The van der Waals surface area contributed by atoms with Gasteiger partial charge in [0.05, 0.1) is 25.9 Å². The van der Waals surface area contributed by atoms with Crippen molar-refractivity contribution >= 4 is 29.1 Å². The third-order valence-corrected chi connectivity index (χ3v) is 3.52. The van der Waals surface area contributed by atoms with Crippen LogP contribution in [0.5, 0.6) is 5.75 Å². The highest BCUT2D eigenvalue weighted by molar-refractivity contribution is 6.31. The summed E-state index contributed by atoms with van der Waals surface area (Å²) < 4.78 is 5.18. The van der Waals surface area contributed by atoms with Crippen LogP contribution in [0.25, 0.3) is 0 Å². The number of nitrogens with zero attached hydrogens (tertiary/aromatic N) is 1. The summed E-state index contributed by atoms with van der Waals surface area (Å²) in [5, 5.41) is 6.10. The van der Waals surface area contributed by atoms with Crippen LogP contribution in [0.15, 0.2) is 18.2 Å². The molecule has 0 aliphatic heterocycles. The van der Waals surface area contributed by atoms with E-state index in [1.54, 1.807) is 30.1 Å². The number of carbonyl (C=O) groups is 2. The van der Waals surface area contributed by atoms with Gasteiger partial charge in [-0.3, -0.25) is 14.5 Å². The van der Waals surface area contributed by atoms with Crippen LogP contribution in [0.4, 0.5) is 5.69 Å². The summed E-state index contributed by atoms with van der Waals surface area (Å²) in [4.78, 5) is 25.5. The van der Waals surface area contributed by atoms with Crippen LogP contribution in [-0.2, 0) is 9.59 Å². The number of likely N-dealkylation sites (N-methyl/N-ethyl adjacent to an activating group) is 1. The van der Waals surface area contributed by atoms with E-state index >= 15 is 0 Å². The molecule has 1 atom stereocenters. The number of carbonyl (C=O) groups excluding carboxylic acids is 2. The quantitative estimate of drug-likeness (QED) is 0.760. The number of hydrogen-bond acceptors (Lipinski definition) is 4. The summed E-state index contributed by atoms with van der Waals surface area (Å²) in [7, 11) is 3.23. The van der Waals surface area contributed by atoms with Crippen molar-refractivity contribution in [3.8, 4) is 5.75 Å². The van der Waals surface area contributed by atoms with Gasteiger partial charge in [-0.05, 0) is 38.6 Å². The second-order valence-electron chi connectivity index (χ2n) is 5.44. The molecule has 1 rings (SSSR count). The number of ether oxygens (including phenoxy) is 1. The third-order valence-electron chi connectivity index (χ3n) is 3.28.